The first-order chi connectivity index (χ1) is 11.2. The number of carbonyl (C=O) groups excluding carboxylic acids is 1. The number of rotatable bonds is 3. The van der Waals surface area contributed by atoms with Crippen LogP contribution in [0.25, 0.3) is 11.3 Å². The van der Waals surface area contributed by atoms with Crippen molar-refractivity contribution < 1.29 is 4.79 Å². The smallest absolute Gasteiger partial charge is 0.273 e. The standard InChI is InChI=1S/C18H17N3OS/c1-11(2)21-17(13-9-6-10-23-13)14-15(12-7-4-3-5-8-12)19-20-16(14)18(21)22/h3-11,17H,1-2H3,(H,19,20). The molecule has 5 heteroatoms. The van der Waals surface area contributed by atoms with E-state index < -0.39 is 0 Å². The molecule has 23 heavy (non-hydrogen) atoms. The number of hydrogen-bond donors (Lipinski definition) is 1. The molecule has 0 bridgehead atoms. The molecule has 2 aromatic heterocycles. The van der Waals surface area contributed by atoms with Crippen LogP contribution in [0.4, 0.5) is 0 Å². The molecule has 1 aliphatic rings. The number of H-pyrrole nitrogens is 1. The van der Waals surface area contributed by atoms with Crippen LogP contribution in [0.2, 0.25) is 0 Å². The maximum absolute atomic E-state index is 12.8. The first kappa shape index (κ1) is 14.2. The Morgan fingerprint density at radius 1 is 1.17 bits per heavy atom. The zero-order valence-corrected chi connectivity index (χ0v) is 13.8. The van der Waals surface area contributed by atoms with E-state index in [0.717, 1.165) is 16.8 Å². The summed E-state index contributed by atoms with van der Waals surface area (Å²) in [6.07, 6.45) is 0. The van der Waals surface area contributed by atoms with Crippen molar-refractivity contribution in [3.05, 3.63) is 64.0 Å². The Morgan fingerprint density at radius 3 is 2.61 bits per heavy atom. The summed E-state index contributed by atoms with van der Waals surface area (Å²) < 4.78 is 0. The van der Waals surface area contributed by atoms with Crippen LogP contribution in [-0.4, -0.2) is 27.0 Å². The van der Waals surface area contributed by atoms with Crippen molar-refractivity contribution in [1.82, 2.24) is 15.1 Å². The van der Waals surface area contributed by atoms with Gasteiger partial charge in [-0.2, -0.15) is 5.10 Å². The number of fused-ring (bicyclic) bond motifs is 1. The molecule has 0 radical (unpaired) electrons. The Kier molecular flexibility index (Phi) is 3.31. The Balaban J connectivity index is 1.93. The molecule has 1 aliphatic heterocycles. The number of aromatic amines is 1. The Morgan fingerprint density at radius 2 is 1.96 bits per heavy atom. The number of nitrogens with zero attached hydrogens (tertiary/aromatic N) is 2. The van der Waals surface area contributed by atoms with Crippen LogP contribution in [0.15, 0.2) is 47.8 Å². The SMILES string of the molecule is CC(C)N1C(=O)c2[nH]nc(-c3ccccc3)c2C1c1cccs1. The minimum atomic E-state index is -0.0635. The predicted molar refractivity (Wildman–Crippen MR) is 91.5 cm³/mol. The van der Waals surface area contributed by atoms with Gasteiger partial charge in [-0.1, -0.05) is 36.4 Å². The van der Waals surface area contributed by atoms with Crippen LogP contribution < -0.4 is 0 Å². The zero-order chi connectivity index (χ0) is 16.0. The molecule has 1 amide bonds. The average Bonchev–Trinajstić information content (AvgIpc) is 3.25. The summed E-state index contributed by atoms with van der Waals surface area (Å²) in [7, 11) is 0. The molecule has 3 heterocycles. The number of benzene rings is 1. The van der Waals surface area contributed by atoms with Gasteiger partial charge >= 0.3 is 0 Å². The second-order valence-electron chi connectivity index (χ2n) is 5.95. The Labute approximate surface area is 138 Å². The van der Waals surface area contributed by atoms with Crippen LogP contribution in [0.1, 0.15) is 40.8 Å². The molecular formula is C18H17N3OS. The summed E-state index contributed by atoms with van der Waals surface area (Å²) in [5.74, 6) is 0.0306. The first-order valence-corrected chi connectivity index (χ1v) is 8.56. The second-order valence-corrected chi connectivity index (χ2v) is 6.93. The van der Waals surface area contributed by atoms with Gasteiger partial charge in [-0.15, -0.1) is 11.3 Å². The number of hydrogen-bond acceptors (Lipinski definition) is 3. The van der Waals surface area contributed by atoms with Crippen LogP contribution in [-0.2, 0) is 0 Å². The lowest BCUT2D eigenvalue weighted by atomic mass is 10.0. The van der Waals surface area contributed by atoms with Crippen molar-refractivity contribution in [3.8, 4) is 11.3 Å². The van der Waals surface area contributed by atoms with Crippen molar-refractivity contribution in [1.29, 1.82) is 0 Å². The lowest BCUT2D eigenvalue weighted by molar-refractivity contribution is 0.0690. The summed E-state index contributed by atoms with van der Waals surface area (Å²) in [5.41, 5.74) is 3.52. The van der Waals surface area contributed by atoms with Gasteiger partial charge in [-0.05, 0) is 25.3 Å². The number of amides is 1. The van der Waals surface area contributed by atoms with E-state index in [9.17, 15) is 4.79 Å². The molecule has 0 aliphatic carbocycles. The van der Waals surface area contributed by atoms with Gasteiger partial charge in [0.05, 0.1) is 11.7 Å². The van der Waals surface area contributed by atoms with Crippen molar-refractivity contribution >= 4 is 17.2 Å². The number of nitrogens with one attached hydrogen (secondary N) is 1. The van der Waals surface area contributed by atoms with Gasteiger partial charge < -0.3 is 4.90 Å². The average molecular weight is 323 g/mol. The molecule has 4 nitrogen and oxygen atoms in total. The van der Waals surface area contributed by atoms with E-state index in [0.29, 0.717) is 5.69 Å². The van der Waals surface area contributed by atoms with Crippen LogP contribution in [0.5, 0.6) is 0 Å². The zero-order valence-electron chi connectivity index (χ0n) is 13.0. The van der Waals surface area contributed by atoms with Gasteiger partial charge in [-0.3, -0.25) is 9.89 Å². The highest BCUT2D eigenvalue weighted by Crippen LogP contribution is 2.44. The number of thiophene rings is 1. The maximum Gasteiger partial charge on any atom is 0.273 e. The summed E-state index contributed by atoms with van der Waals surface area (Å²) in [6.45, 7) is 4.11. The summed E-state index contributed by atoms with van der Waals surface area (Å²) in [4.78, 5) is 16.0. The van der Waals surface area contributed by atoms with Gasteiger partial charge in [0.1, 0.15) is 5.69 Å². The fraction of sp³-hybridized carbons (Fsp3) is 0.222. The van der Waals surface area contributed by atoms with Crippen molar-refractivity contribution in [2.75, 3.05) is 0 Å². The van der Waals surface area contributed by atoms with Crippen molar-refractivity contribution in [2.45, 2.75) is 25.9 Å². The van der Waals surface area contributed by atoms with Gasteiger partial charge in [-0.25, -0.2) is 0 Å². The van der Waals surface area contributed by atoms with Crippen molar-refractivity contribution in [2.24, 2.45) is 0 Å². The summed E-state index contributed by atoms with van der Waals surface area (Å²) in [5, 5.41) is 9.47. The quantitative estimate of drug-likeness (QED) is 0.789. The lowest BCUT2D eigenvalue weighted by Gasteiger charge is -2.28. The van der Waals surface area contributed by atoms with E-state index in [-0.39, 0.29) is 18.0 Å². The molecule has 4 rings (SSSR count). The molecule has 0 fully saturated rings. The Bertz CT molecular complexity index is 837. The fourth-order valence-corrected chi connectivity index (χ4v) is 4.07. The number of carbonyl (C=O) groups is 1. The van der Waals surface area contributed by atoms with Gasteiger partial charge in [0, 0.05) is 22.0 Å². The van der Waals surface area contributed by atoms with E-state index in [4.69, 9.17) is 0 Å². The van der Waals surface area contributed by atoms with E-state index in [2.05, 4.69) is 35.5 Å². The highest BCUT2D eigenvalue weighted by molar-refractivity contribution is 7.10. The molecule has 0 saturated carbocycles. The molecule has 1 atom stereocenters. The minimum Gasteiger partial charge on any atom is -0.323 e. The van der Waals surface area contributed by atoms with E-state index in [1.54, 1.807) is 11.3 Å². The normalized spacial score (nSPS) is 17.1. The van der Waals surface area contributed by atoms with Crippen LogP contribution in [0, 0.1) is 0 Å². The molecule has 1 N–H and O–H groups in total. The first-order valence-electron chi connectivity index (χ1n) is 7.68. The van der Waals surface area contributed by atoms with Gasteiger partial charge in [0.15, 0.2) is 0 Å². The molecule has 0 spiro atoms. The third kappa shape index (κ3) is 2.11. The fourth-order valence-electron chi connectivity index (χ4n) is 3.24. The number of aromatic nitrogens is 2. The van der Waals surface area contributed by atoms with E-state index in [1.807, 2.05) is 41.3 Å². The van der Waals surface area contributed by atoms with Gasteiger partial charge in [0.2, 0.25) is 0 Å². The maximum atomic E-state index is 12.8. The molecule has 0 saturated heterocycles. The molecule has 1 unspecified atom stereocenters. The van der Waals surface area contributed by atoms with Gasteiger partial charge in [0.25, 0.3) is 5.91 Å². The van der Waals surface area contributed by atoms with E-state index >= 15 is 0 Å². The predicted octanol–water partition coefficient (Wildman–Crippen LogP) is 4.09. The van der Waals surface area contributed by atoms with E-state index in [1.165, 1.54) is 4.88 Å². The molecule has 116 valence electrons. The largest absolute Gasteiger partial charge is 0.323 e. The molecular weight excluding hydrogens is 306 g/mol. The molecule has 1 aromatic carbocycles. The molecule has 3 aromatic rings. The summed E-state index contributed by atoms with van der Waals surface area (Å²) >= 11 is 1.68. The minimum absolute atomic E-state index is 0.0306. The van der Waals surface area contributed by atoms with Crippen molar-refractivity contribution in [3.63, 3.8) is 0 Å². The topological polar surface area (TPSA) is 49.0 Å². The third-order valence-electron chi connectivity index (χ3n) is 4.22. The van der Waals surface area contributed by atoms with Crippen LogP contribution in [0.3, 0.4) is 0 Å². The Hall–Kier alpha value is -2.40. The monoisotopic (exact) mass is 323 g/mol. The lowest BCUT2D eigenvalue weighted by Crippen LogP contribution is -2.35. The van der Waals surface area contributed by atoms with Crippen LogP contribution >= 0.6 is 11.3 Å². The summed E-state index contributed by atoms with van der Waals surface area (Å²) in [6, 6.07) is 14.2. The second kappa shape index (κ2) is 5.35. The third-order valence-corrected chi connectivity index (χ3v) is 5.14. The highest BCUT2D eigenvalue weighted by Gasteiger charge is 2.43. The highest BCUT2D eigenvalue weighted by atomic mass is 32.1.